The van der Waals surface area contributed by atoms with E-state index in [2.05, 4.69) is 10.3 Å². The van der Waals surface area contributed by atoms with Gasteiger partial charge in [0, 0.05) is 27.3 Å². The molecule has 4 aromatic rings. The van der Waals surface area contributed by atoms with Crippen LogP contribution in [0, 0.1) is 29.6 Å². The number of thiazole rings is 1. The van der Waals surface area contributed by atoms with Gasteiger partial charge in [-0.05, 0) is 73.6 Å². The molecule has 2 aliphatic carbocycles. The van der Waals surface area contributed by atoms with Crippen LogP contribution in [0.1, 0.15) is 40.1 Å². The second kappa shape index (κ2) is 12.1. The summed E-state index contributed by atoms with van der Waals surface area (Å²) in [5.74, 6) is -2.05. The summed E-state index contributed by atoms with van der Waals surface area (Å²) in [5.41, 5.74) is 2.31. The van der Waals surface area contributed by atoms with Crippen molar-refractivity contribution in [3.63, 3.8) is 0 Å². The Labute approximate surface area is 283 Å². The normalized spacial score (nSPS) is 26.5. The number of hydrogen-bond donors (Lipinski definition) is 2. The number of aromatic nitrogens is 1. The number of anilines is 2. The Balaban J connectivity index is 1.10. The van der Waals surface area contributed by atoms with Gasteiger partial charge in [-0.15, -0.1) is 11.8 Å². The van der Waals surface area contributed by atoms with Crippen molar-refractivity contribution in [2.45, 2.75) is 29.5 Å². The number of benzene rings is 3. The van der Waals surface area contributed by atoms with Crippen molar-refractivity contribution in [1.82, 2.24) is 4.98 Å². The van der Waals surface area contributed by atoms with Gasteiger partial charge in [0.15, 0.2) is 6.61 Å². The van der Waals surface area contributed by atoms with Gasteiger partial charge in [-0.2, -0.15) is 0 Å². The van der Waals surface area contributed by atoms with Gasteiger partial charge in [0.2, 0.25) is 11.8 Å². The molecule has 2 aliphatic heterocycles. The molecule has 244 valence electrons. The van der Waals surface area contributed by atoms with Gasteiger partial charge in [0.25, 0.3) is 5.91 Å². The van der Waals surface area contributed by atoms with Crippen molar-refractivity contribution in [2.24, 2.45) is 29.6 Å². The van der Waals surface area contributed by atoms with E-state index in [1.165, 1.54) is 16.2 Å². The van der Waals surface area contributed by atoms with Gasteiger partial charge in [-0.25, -0.2) is 4.79 Å². The quantitative estimate of drug-likeness (QED) is 0.189. The van der Waals surface area contributed by atoms with E-state index in [9.17, 15) is 24.0 Å². The van der Waals surface area contributed by atoms with E-state index in [0.717, 1.165) is 21.9 Å². The Morgan fingerprint density at radius 3 is 2.38 bits per heavy atom. The summed E-state index contributed by atoms with van der Waals surface area (Å²) in [6, 6.07) is 23.1. The molecule has 0 radical (unpaired) electrons. The van der Waals surface area contributed by atoms with Crippen LogP contribution in [0.15, 0.2) is 88.7 Å². The van der Waals surface area contributed by atoms with Crippen LogP contribution in [-0.2, 0) is 19.1 Å². The monoisotopic (exact) mass is 681 g/mol. The molecule has 4 aliphatic rings. The zero-order valence-corrected chi connectivity index (χ0v) is 27.4. The molecule has 48 heavy (non-hydrogen) atoms. The molecule has 7 atom stereocenters. The first-order valence-electron chi connectivity index (χ1n) is 15.9. The Morgan fingerprint density at radius 2 is 1.62 bits per heavy atom. The maximum Gasteiger partial charge on any atom is 0.338 e. The molecule has 10 nitrogen and oxygen atoms in total. The molecule has 4 unspecified atom stereocenters. The number of imide groups is 1. The molecule has 2 N–H and O–H groups in total. The van der Waals surface area contributed by atoms with Gasteiger partial charge in [0.1, 0.15) is 5.75 Å². The second-order valence-electron chi connectivity index (χ2n) is 12.5. The smallest absolute Gasteiger partial charge is 0.338 e. The van der Waals surface area contributed by atoms with Gasteiger partial charge >= 0.3 is 10.8 Å². The number of fused-ring (bicyclic) bond motifs is 9. The van der Waals surface area contributed by atoms with Crippen molar-refractivity contribution >= 4 is 58.2 Å². The second-order valence-corrected chi connectivity index (χ2v) is 14.7. The molecule has 3 fully saturated rings. The van der Waals surface area contributed by atoms with Crippen LogP contribution in [0.5, 0.6) is 5.75 Å². The lowest BCUT2D eigenvalue weighted by Crippen LogP contribution is -2.42. The molecular formula is C36H31N3O7S2. The molecule has 1 saturated heterocycles. The zero-order chi connectivity index (χ0) is 33.1. The van der Waals surface area contributed by atoms with Crippen molar-refractivity contribution in [1.29, 1.82) is 0 Å². The van der Waals surface area contributed by atoms with Crippen LogP contribution < -0.4 is 19.8 Å². The van der Waals surface area contributed by atoms with Crippen LogP contribution in [0.4, 0.5) is 11.4 Å². The highest BCUT2D eigenvalue weighted by Gasteiger charge is 2.69. The lowest BCUT2D eigenvalue weighted by molar-refractivity contribution is -0.123. The first-order valence-corrected chi connectivity index (χ1v) is 17.6. The number of aromatic amines is 1. The van der Waals surface area contributed by atoms with E-state index >= 15 is 0 Å². The van der Waals surface area contributed by atoms with E-state index in [1.54, 1.807) is 55.1 Å². The number of nitrogens with one attached hydrogen (secondary N) is 2. The Morgan fingerprint density at radius 1 is 0.917 bits per heavy atom. The fourth-order valence-electron chi connectivity index (χ4n) is 8.31. The van der Waals surface area contributed by atoms with E-state index in [-0.39, 0.29) is 64.7 Å². The number of amides is 3. The molecule has 1 aromatic heterocycles. The van der Waals surface area contributed by atoms with Crippen molar-refractivity contribution < 1.29 is 28.7 Å². The standard InChI is InChI=1S/C36H31N3O7S2/c1-2-45-35(43)18-12-14-20(15-13-18)39-33(41)28-22-16-23(29(28)34(39)42)30-27(22)26(31-32(47-30)38-36(44)48-31)21-10-6-7-11-24(21)46-17-25(40)37-19-8-4-3-5-9-19/h3-15,22-23,26-30H,2,16-17H2,1H3,(H,37,40)(H,38,44)/t22-,23-,26-,27?,28?,29?,30?/m1/s1. The average molecular weight is 682 g/mol. The molecule has 3 amide bonds. The maximum atomic E-state index is 14.2. The lowest BCUT2D eigenvalue weighted by atomic mass is 9.68. The molecular weight excluding hydrogens is 651 g/mol. The first kappa shape index (κ1) is 30.6. The summed E-state index contributed by atoms with van der Waals surface area (Å²) in [4.78, 5) is 70.9. The van der Waals surface area contributed by atoms with Crippen LogP contribution in [-0.4, -0.2) is 47.1 Å². The largest absolute Gasteiger partial charge is 0.483 e. The minimum atomic E-state index is -0.487. The van der Waals surface area contributed by atoms with E-state index in [4.69, 9.17) is 9.47 Å². The van der Waals surface area contributed by atoms with Gasteiger partial charge in [0.05, 0.1) is 34.7 Å². The number of carbonyl (C=O) groups is 4. The molecule has 3 aromatic carbocycles. The summed E-state index contributed by atoms with van der Waals surface area (Å²) in [5, 5.41) is 3.63. The number of hydrogen-bond acceptors (Lipinski definition) is 9. The molecule has 2 saturated carbocycles. The van der Waals surface area contributed by atoms with Crippen molar-refractivity contribution in [2.75, 3.05) is 23.4 Å². The fourth-order valence-corrected chi connectivity index (χ4v) is 11.2. The van der Waals surface area contributed by atoms with Gasteiger partial charge < -0.3 is 19.8 Å². The summed E-state index contributed by atoms with van der Waals surface area (Å²) in [6.07, 6.45) is 0.739. The number of rotatable bonds is 8. The Kier molecular flexibility index (Phi) is 7.72. The summed E-state index contributed by atoms with van der Waals surface area (Å²) in [7, 11) is 0. The predicted molar refractivity (Wildman–Crippen MR) is 180 cm³/mol. The number of ether oxygens (including phenoxy) is 2. The number of thioether (sulfide) groups is 1. The highest BCUT2D eigenvalue weighted by molar-refractivity contribution is 8.00. The van der Waals surface area contributed by atoms with E-state index in [1.807, 2.05) is 42.5 Å². The summed E-state index contributed by atoms with van der Waals surface area (Å²) >= 11 is 2.78. The van der Waals surface area contributed by atoms with Crippen LogP contribution in [0.25, 0.3) is 0 Å². The highest BCUT2D eigenvalue weighted by Crippen LogP contribution is 2.69. The number of H-pyrrole nitrogens is 1. The first-order chi connectivity index (χ1) is 23.3. The SMILES string of the molecule is CCOC(=O)c1ccc(N2C(=O)C3C(C2=O)[C@@H]2C[C@H]3C3Sc4[nH]c(=O)sc4[C@H](c4ccccc4OCC(=O)Nc4ccccc4)C32)cc1. The summed E-state index contributed by atoms with van der Waals surface area (Å²) in [6.45, 7) is 1.78. The molecule has 8 rings (SSSR count). The van der Waals surface area contributed by atoms with Crippen molar-refractivity contribution in [3.05, 3.63) is 105 Å². The molecule has 2 bridgehead atoms. The topological polar surface area (TPSA) is 135 Å². The van der Waals surface area contributed by atoms with E-state index in [0.29, 0.717) is 22.7 Å². The van der Waals surface area contributed by atoms with Gasteiger partial charge in [-0.3, -0.25) is 24.1 Å². The summed E-state index contributed by atoms with van der Waals surface area (Å²) < 4.78 is 11.2. The highest BCUT2D eigenvalue weighted by atomic mass is 32.2. The maximum absolute atomic E-state index is 14.2. The average Bonchev–Trinajstić information content (AvgIpc) is 3.83. The third-order valence-electron chi connectivity index (χ3n) is 10.0. The Bertz CT molecular complexity index is 1990. The Hall–Kier alpha value is -4.68. The number of carbonyl (C=O) groups excluding carboxylic acids is 4. The minimum Gasteiger partial charge on any atom is -0.483 e. The van der Waals surface area contributed by atoms with Crippen LogP contribution in [0.2, 0.25) is 0 Å². The third-order valence-corrected chi connectivity index (χ3v) is 12.6. The molecule has 3 heterocycles. The van der Waals surface area contributed by atoms with Crippen LogP contribution >= 0.6 is 23.1 Å². The number of para-hydroxylation sites is 2. The van der Waals surface area contributed by atoms with Crippen LogP contribution in [0.3, 0.4) is 0 Å². The minimum absolute atomic E-state index is 0.00340. The molecule has 12 heteroatoms. The number of esters is 1. The fraction of sp³-hybridized carbons (Fsp3) is 0.306. The third kappa shape index (κ3) is 4.96. The predicted octanol–water partition coefficient (Wildman–Crippen LogP) is 5.31. The lowest BCUT2D eigenvalue weighted by Gasteiger charge is -2.43. The van der Waals surface area contributed by atoms with Crippen molar-refractivity contribution in [3.8, 4) is 5.75 Å². The van der Waals surface area contributed by atoms with Gasteiger partial charge in [-0.1, -0.05) is 47.7 Å². The zero-order valence-electron chi connectivity index (χ0n) is 25.8. The number of nitrogens with zero attached hydrogens (tertiary/aromatic N) is 1. The molecule has 0 spiro atoms. The van der Waals surface area contributed by atoms with E-state index < -0.39 is 17.8 Å².